The fourth-order valence-corrected chi connectivity index (χ4v) is 4.62. The van der Waals surface area contributed by atoms with E-state index in [1.54, 1.807) is 18.2 Å². The van der Waals surface area contributed by atoms with Gasteiger partial charge in [-0.25, -0.2) is 0 Å². The maximum absolute atomic E-state index is 12.7. The fraction of sp³-hybridized carbons (Fsp3) is 0.333. The Labute approximate surface area is 187 Å². The third kappa shape index (κ3) is 3.90. The van der Waals surface area contributed by atoms with E-state index in [9.17, 15) is 9.59 Å². The summed E-state index contributed by atoms with van der Waals surface area (Å²) in [6.07, 6.45) is 3.36. The highest BCUT2D eigenvalue weighted by molar-refractivity contribution is 7.16. The van der Waals surface area contributed by atoms with Gasteiger partial charge < -0.3 is 14.6 Å². The van der Waals surface area contributed by atoms with Gasteiger partial charge in [0.05, 0.1) is 16.3 Å². The topological polar surface area (TPSA) is 97.6 Å². The molecule has 31 heavy (non-hydrogen) atoms. The second-order valence-corrected chi connectivity index (χ2v) is 9.29. The molecule has 0 spiro atoms. The van der Waals surface area contributed by atoms with Crippen molar-refractivity contribution in [1.82, 2.24) is 10.1 Å². The summed E-state index contributed by atoms with van der Waals surface area (Å²) in [5, 5.41) is 7.44. The van der Waals surface area contributed by atoms with Crippen molar-refractivity contribution in [2.75, 3.05) is 23.4 Å². The Hall–Kier alpha value is -2.91. The van der Waals surface area contributed by atoms with Gasteiger partial charge >= 0.3 is 0 Å². The molecule has 0 bridgehead atoms. The monoisotopic (exact) mass is 458 g/mol. The lowest BCUT2D eigenvalue weighted by Gasteiger charge is -2.29. The van der Waals surface area contributed by atoms with Crippen LogP contribution in [0.3, 0.4) is 0 Å². The zero-order valence-electron chi connectivity index (χ0n) is 16.7. The zero-order chi connectivity index (χ0) is 21.5. The molecule has 1 aliphatic heterocycles. The molecule has 0 unspecified atom stereocenters. The Balaban J connectivity index is 1.31. The molecule has 2 aromatic heterocycles. The lowest BCUT2D eigenvalue weighted by Crippen LogP contribution is -2.43. The maximum atomic E-state index is 12.7. The summed E-state index contributed by atoms with van der Waals surface area (Å²) in [6, 6.07) is 6.82. The van der Waals surface area contributed by atoms with E-state index in [-0.39, 0.29) is 25.0 Å². The largest absolute Gasteiger partial charge is 0.482 e. The Morgan fingerprint density at radius 3 is 2.97 bits per heavy atom. The average molecular weight is 459 g/mol. The van der Waals surface area contributed by atoms with Crippen LogP contribution in [0.25, 0.3) is 10.7 Å². The molecule has 8 nitrogen and oxygen atoms in total. The first-order valence-corrected chi connectivity index (χ1v) is 11.1. The predicted octanol–water partition coefficient (Wildman–Crippen LogP) is 4.39. The van der Waals surface area contributed by atoms with Crippen molar-refractivity contribution in [2.24, 2.45) is 0 Å². The van der Waals surface area contributed by atoms with Gasteiger partial charge in [0.2, 0.25) is 17.6 Å². The van der Waals surface area contributed by atoms with Gasteiger partial charge in [-0.15, -0.1) is 11.3 Å². The van der Waals surface area contributed by atoms with E-state index in [4.69, 9.17) is 20.9 Å². The molecule has 1 saturated carbocycles. The first-order valence-electron chi connectivity index (χ1n) is 9.95. The quantitative estimate of drug-likeness (QED) is 0.608. The number of halogens is 1. The van der Waals surface area contributed by atoms with Gasteiger partial charge in [0.15, 0.2) is 6.61 Å². The second-order valence-electron chi connectivity index (χ2n) is 7.59. The van der Waals surface area contributed by atoms with Crippen LogP contribution in [0.15, 0.2) is 28.8 Å². The molecular formula is C21H19ClN4O4S. The van der Waals surface area contributed by atoms with Crippen molar-refractivity contribution in [3.05, 3.63) is 40.1 Å². The van der Waals surface area contributed by atoms with Crippen molar-refractivity contribution < 1.29 is 18.8 Å². The highest BCUT2D eigenvalue weighted by atomic mass is 35.5. The Kier molecular flexibility index (Phi) is 5.15. The summed E-state index contributed by atoms with van der Waals surface area (Å²) in [6.45, 7) is 1.64. The molecule has 3 heterocycles. The summed E-state index contributed by atoms with van der Waals surface area (Å²) >= 11 is 7.54. The molecule has 1 aliphatic carbocycles. The van der Waals surface area contributed by atoms with Gasteiger partial charge in [0.1, 0.15) is 12.3 Å². The van der Waals surface area contributed by atoms with Crippen LogP contribution in [0.2, 0.25) is 5.02 Å². The molecule has 1 aromatic carbocycles. The summed E-state index contributed by atoms with van der Waals surface area (Å²) in [4.78, 5) is 32.7. The number of hydrogen-bond donors (Lipinski definition) is 1. The molecule has 1 fully saturated rings. The average Bonchev–Trinajstić information content (AvgIpc) is 3.30. The molecule has 0 atom stereocenters. The van der Waals surface area contributed by atoms with E-state index in [1.165, 1.54) is 22.7 Å². The lowest BCUT2D eigenvalue weighted by molar-refractivity contribution is -0.123. The van der Waals surface area contributed by atoms with Gasteiger partial charge in [0, 0.05) is 15.8 Å². The standard InChI is InChI=1S/C21H19ClN4O4S/c1-11-14(8-17(31-11)20-24-21(30-25-20)12-3-2-4-12)23-18(27)9-26-15-7-13(22)5-6-16(15)29-10-19(26)28/h5-8,12H,2-4,9-10H2,1H3,(H,23,27). The normalized spacial score (nSPS) is 15.9. The van der Waals surface area contributed by atoms with Crippen molar-refractivity contribution in [3.63, 3.8) is 0 Å². The molecule has 0 saturated heterocycles. The molecule has 2 aliphatic rings. The lowest BCUT2D eigenvalue weighted by atomic mass is 9.85. The number of hydrogen-bond acceptors (Lipinski definition) is 7. The summed E-state index contributed by atoms with van der Waals surface area (Å²) in [5.74, 6) is 1.47. The number of ether oxygens (including phenoxy) is 1. The Bertz CT molecular complexity index is 1170. The minimum Gasteiger partial charge on any atom is -0.482 e. The van der Waals surface area contributed by atoms with Gasteiger partial charge in [0.25, 0.3) is 5.91 Å². The van der Waals surface area contributed by atoms with Gasteiger partial charge in [-0.1, -0.05) is 23.2 Å². The van der Waals surface area contributed by atoms with Crippen molar-refractivity contribution in [2.45, 2.75) is 32.1 Å². The second kappa shape index (κ2) is 7.97. The maximum Gasteiger partial charge on any atom is 0.265 e. The summed E-state index contributed by atoms with van der Waals surface area (Å²) in [5.41, 5.74) is 1.14. The van der Waals surface area contributed by atoms with E-state index < -0.39 is 0 Å². The third-order valence-corrected chi connectivity index (χ3v) is 6.76. The zero-order valence-corrected chi connectivity index (χ0v) is 18.3. The van der Waals surface area contributed by atoms with Gasteiger partial charge in [-0.3, -0.25) is 14.5 Å². The van der Waals surface area contributed by atoms with E-state index in [0.29, 0.717) is 39.8 Å². The molecule has 3 aromatic rings. The predicted molar refractivity (Wildman–Crippen MR) is 117 cm³/mol. The minimum absolute atomic E-state index is 0.120. The fourth-order valence-electron chi connectivity index (χ4n) is 3.55. The molecular weight excluding hydrogens is 440 g/mol. The Morgan fingerprint density at radius 1 is 1.35 bits per heavy atom. The van der Waals surface area contributed by atoms with E-state index in [0.717, 1.165) is 22.6 Å². The highest BCUT2D eigenvalue weighted by Crippen LogP contribution is 2.38. The van der Waals surface area contributed by atoms with Crippen LogP contribution in [-0.2, 0) is 9.59 Å². The number of amides is 2. The van der Waals surface area contributed by atoms with Crippen LogP contribution in [0.5, 0.6) is 5.75 Å². The van der Waals surface area contributed by atoms with Crippen LogP contribution < -0.4 is 15.0 Å². The molecule has 5 rings (SSSR count). The molecule has 2 amide bonds. The smallest absolute Gasteiger partial charge is 0.265 e. The number of carbonyl (C=O) groups excluding carboxylic acids is 2. The molecule has 1 N–H and O–H groups in total. The first-order chi connectivity index (χ1) is 15.0. The summed E-state index contributed by atoms with van der Waals surface area (Å²) in [7, 11) is 0. The number of nitrogens with one attached hydrogen (secondary N) is 1. The highest BCUT2D eigenvalue weighted by Gasteiger charge is 2.29. The first kappa shape index (κ1) is 20.0. The summed E-state index contributed by atoms with van der Waals surface area (Å²) < 4.78 is 10.8. The van der Waals surface area contributed by atoms with Crippen molar-refractivity contribution in [1.29, 1.82) is 0 Å². The van der Waals surface area contributed by atoms with Crippen LogP contribution in [0.1, 0.15) is 35.9 Å². The number of thiophene rings is 1. The minimum atomic E-state index is -0.322. The van der Waals surface area contributed by atoms with Crippen LogP contribution >= 0.6 is 22.9 Å². The van der Waals surface area contributed by atoms with Crippen LogP contribution in [0, 0.1) is 6.92 Å². The number of rotatable bonds is 5. The number of aromatic nitrogens is 2. The number of fused-ring (bicyclic) bond motifs is 1. The van der Waals surface area contributed by atoms with E-state index in [1.807, 2.05) is 13.0 Å². The number of anilines is 2. The van der Waals surface area contributed by atoms with E-state index in [2.05, 4.69) is 15.5 Å². The number of benzene rings is 1. The third-order valence-electron chi connectivity index (χ3n) is 5.47. The number of carbonyl (C=O) groups is 2. The van der Waals surface area contributed by atoms with Crippen LogP contribution in [0.4, 0.5) is 11.4 Å². The Morgan fingerprint density at radius 2 is 2.19 bits per heavy atom. The SMILES string of the molecule is Cc1sc(-c2noc(C3CCC3)n2)cc1NC(=O)CN1C(=O)COc2ccc(Cl)cc21. The molecule has 160 valence electrons. The van der Waals surface area contributed by atoms with E-state index >= 15 is 0 Å². The number of aryl methyl sites for hydroxylation is 1. The van der Waals surface area contributed by atoms with Crippen molar-refractivity contribution in [3.8, 4) is 16.5 Å². The van der Waals surface area contributed by atoms with Gasteiger partial charge in [-0.2, -0.15) is 4.98 Å². The van der Waals surface area contributed by atoms with Crippen molar-refractivity contribution >= 4 is 46.1 Å². The number of nitrogens with zero attached hydrogens (tertiary/aromatic N) is 3. The van der Waals surface area contributed by atoms with Gasteiger partial charge in [-0.05, 0) is 44.0 Å². The molecule has 0 radical (unpaired) electrons. The molecule has 10 heteroatoms. The van der Waals surface area contributed by atoms with Crippen LogP contribution in [-0.4, -0.2) is 35.1 Å².